The highest BCUT2D eigenvalue weighted by Gasteiger charge is 2.46. The molecule has 0 radical (unpaired) electrons. The maximum absolute atomic E-state index is 12.2. The van der Waals surface area contributed by atoms with Crippen LogP contribution in [-0.2, 0) is 4.79 Å². The van der Waals surface area contributed by atoms with Gasteiger partial charge < -0.3 is 10.2 Å². The number of amides is 3. The van der Waals surface area contributed by atoms with E-state index in [2.05, 4.69) is 10.3 Å². The molecule has 3 heterocycles. The highest BCUT2D eigenvalue weighted by molar-refractivity contribution is 5.97. The summed E-state index contributed by atoms with van der Waals surface area (Å²) in [7, 11) is 0. The summed E-state index contributed by atoms with van der Waals surface area (Å²) in [5, 5.41) is 13.0. The molecule has 2 aliphatic heterocycles. The van der Waals surface area contributed by atoms with E-state index in [9.17, 15) is 14.8 Å². The Hall–Kier alpha value is -2.15. The summed E-state index contributed by atoms with van der Waals surface area (Å²) in [6, 6.07) is 2.26. The molecular formula is C12H14N4O3. The van der Waals surface area contributed by atoms with Crippen molar-refractivity contribution in [2.45, 2.75) is 24.9 Å². The van der Waals surface area contributed by atoms with Crippen molar-refractivity contribution < 1.29 is 14.8 Å². The molecule has 2 saturated heterocycles. The molecule has 0 spiro atoms. The minimum atomic E-state index is -0.527. The van der Waals surface area contributed by atoms with Gasteiger partial charge in [-0.3, -0.25) is 15.0 Å². The fraction of sp³-hybridized carbons (Fsp3) is 0.417. The number of nitrogens with zero attached hydrogens (tertiary/aromatic N) is 3. The molecule has 3 rings (SSSR count). The molecule has 0 aliphatic carbocycles. The Morgan fingerprint density at radius 2 is 2.32 bits per heavy atom. The highest BCUT2D eigenvalue weighted by Crippen LogP contribution is 2.28. The third-order valence-electron chi connectivity index (χ3n) is 3.58. The van der Waals surface area contributed by atoms with Crippen molar-refractivity contribution in [3.05, 3.63) is 24.5 Å². The van der Waals surface area contributed by atoms with Gasteiger partial charge in [-0.2, -0.15) is 0 Å². The topological polar surface area (TPSA) is 85.8 Å². The molecule has 2 bridgehead atoms. The van der Waals surface area contributed by atoms with E-state index >= 15 is 0 Å². The minimum absolute atomic E-state index is 0.185. The number of anilines is 1. The van der Waals surface area contributed by atoms with Crippen LogP contribution < -0.4 is 5.32 Å². The van der Waals surface area contributed by atoms with Gasteiger partial charge >= 0.3 is 6.03 Å². The molecule has 0 aromatic carbocycles. The summed E-state index contributed by atoms with van der Waals surface area (Å²) >= 11 is 0. The van der Waals surface area contributed by atoms with E-state index in [1.165, 1.54) is 4.90 Å². The molecule has 1 aromatic heterocycles. The van der Waals surface area contributed by atoms with E-state index in [4.69, 9.17) is 0 Å². The molecule has 0 saturated carbocycles. The third-order valence-corrected chi connectivity index (χ3v) is 3.58. The fourth-order valence-electron chi connectivity index (χ4n) is 2.59. The summed E-state index contributed by atoms with van der Waals surface area (Å²) in [6.45, 7) is 0.403. The van der Waals surface area contributed by atoms with Crippen LogP contribution in [-0.4, -0.2) is 50.7 Å². The number of rotatable bonds is 2. The molecule has 3 amide bonds. The Morgan fingerprint density at radius 3 is 3.05 bits per heavy atom. The normalized spacial score (nSPS) is 25.6. The predicted octanol–water partition coefficient (Wildman–Crippen LogP) is 0.678. The van der Waals surface area contributed by atoms with Crippen LogP contribution >= 0.6 is 0 Å². The van der Waals surface area contributed by atoms with Crippen LogP contribution in [0, 0.1) is 0 Å². The third kappa shape index (κ3) is 2.01. The smallest absolute Gasteiger partial charge is 0.323 e. The predicted molar refractivity (Wildman–Crippen MR) is 65.4 cm³/mol. The van der Waals surface area contributed by atoms with Gasteiger partial charge in [0.15, 0.2) is 0 Å². The zero-order chi connectivity index (χ0) is 13.4. The van der Waals surface area contributed by atoms with Crippen molar-refractivity contribution in [2.75, 3.05) is 11.9 Å². The number of carbonyl (C=O) groups excluding carboxylic acids is 2. The Kier molecular flexibility index (Phi) is 2.83. The maximum Gasteiger partial charge on any atom is 0.344 e. The second-order valence-electron chi connectivity index (χ2n) is 4.76. The van der Waals surface area contributed by atoms with Crippen LogP contribution in [0.2, 0.25) is 0 Å². The van der Waals surface area contributed by atoms with E-state index < -0.39 is 12.1 Å². The van der Waals surface area contributed by atoms with Crippen LogP contribution in [0.1, 0.15) is 12.8 Å². The van der Waals surface area contributed by atoms with Crippen molar-refractivity contribution >= 4 is 17.6 Å². The number of hydrogen-bond donors (Lipinski definition) is 2. The number of piperidine rings is 1. The average molecular weight is 262 g/mol. The standard InChI is InChI=1S/C12H14N4O3/c17-11(14-8-2-1-5-13-6-8)10-4-3-9-7-15(10)12(18)16(9)19/h1-2,5-6,9-10,19H,3-4,7H2,(H,14,17)/t9-,10+/m1/s1. The fourth-order valence-corrected chi connectivity index (χ4v) is 2.59. The number of fused-ring (bicyclic) bond motifs is 2. The first-order valence-corrected chi connectivity index (χ1v) is 6.16. The molecule has 2 atom stereocenters. The highest BCUT2D eigenvalue weighted by atomic mass is 16.5. The van der Waals surface area contributed by atoms with Gasteiger partial charge in [0, 0.05) is 12.7 Å². The minimum Gasteiger partial charge on any atom is -0.323 e. The van der Waals surface area contributed by atoms with Crippen molar-refractivity contribution in [1.29, 1.82) is 0 Å². The summed E-state index contributed by atoms with van der Waals surface area (Å²) in [4.78, 5) is 29.3. The van der Waals surface area contributed by atoms with Crippen molar-refractivity contribution in [3.63, 3.8) is 0 Å². The summed E-state index contributed by atoms with van der Waals surface area (Å²) < 4.78 is 0. The first kappa shape index (κ1) is 11.9. The number of pyridine rings is 1. The number of nitrogens with one attached hydrogen (secondary N) is 1. The number of aromatic nitrogens is 1. The van der Waals surface area contributed by atoms with Crippen LogP contribution in [0.4, 0.5) is 10.5 Å². The molecule has 19 heavy (non-hydrogen) atoms. The molecule has 2 aliphatic rings. The number of hydrogen-bond acceptors (Lipinski definition) is 4. The van der Waals surface area contributed by atoms with Crippen molar-refractivity contribution in [2.24, 2.45) is 0 Å². The molecule has 7 nitrogen and oxygen atoms in total. The second-order valence-corrected chi connectivity index (χ2v) is 4.76. The number of hydroxylamine groups is 2. The van der Waals surface area contributed by atoms with Gasteiger partial charge in [0.1, 0.15) is 6.04 Å². The Labute approximate surface area is 109 Å². The van der Waals surface area contributed by atoms with Crippen molar-refractivity contribution in [3.8, 4) is 0 Å². The SMILES string of the molecule is O=C(Nc1cccnc1)[C@@H]1CC[C@@H]2CN1C(=O)N2O. The summed E-state index contributed by atoms with van der Waals surface area (Å²) in [5.41, 5.74) is 0.599. The van der Waals surface area contributed by atoms with Crippen molar-refractivity contribution in [1.82, 2.24) is 14.9 Å². The van der Waals surface area contributed by atoms with Gasteiger partial charge in [0.05, 0.1) is 17.9 Å². The zero-order valence-electron chi connectivity index (χ0n) is 10.2. The Bertz CT molecular complexity index is 507. The molecule has 2 fully saturated rings. The van der Waals surface area contributed by atoms with Gasteiger partial charge in [-0.25, -0.2) is 9.86 Å². The van der Waals surface area contributed by atoms with Crippen LogP contribution in [0.15, 0.2) is 24.5 Å². The molecule has 0 unspecified atom stereocenters. The largest absolute Gasteiger partial charge is 0.344 e. The monoisotopic (exact) mass is 262 g/mol. The molecule has 1 aromatic rings. The Balaban J connectivity index is 1.73. The molecule has 2 N–H and O–H groups in total. The summed E-state index contributed by atoms with van der Waals surface area (Å²) in [5.74, 6) is -0.241. The molecular weight excluding hydrogens is 248 g/mol. The van der Waals surface area contributed by atoms with E-state index in [1.54, 1.807) is 24.5 Å². The van der Waals surface area contributed by atoms with Crippen LogP contribution in [0.5, 0.6) is 0 Å². The van der Waals surface area contributed by atoms with Gasteiger partial charge in [0.25, 0.3) is 0 Å². The summed E-state index contributed by atoms with van der Waals surface area (Å²) in [6.07, 6.45) is 4.35. The van der Waals surface area contributed by atoms with E-state index in [-0.39, 0.29) is 11.9 Å². The zero-order valence-corrected chi connectivity index (χ0v) is 10.2. The molecule has 100 valence electrons. The van der Waals surface area contributed by atoms with E-state index in [0.717, 1.165) is 5.06 Å². The average Bonchev–Trinajstić information content (AvgIpc) is 2.65. The number of carbonyl (C=O) groups is 2. The van der Waals surface area contributed by atoms with E-state index in [0.29, 0.717) is 25.1 Å². The molecule has 7 heteroatoms. The van der Waals surface area contributed by atoms with Gasteiger partial charge in [0.2, 0.25) is 5.91 Å². The first-order chi connectivity index (χ1) is 9.16. The lowest BCUT2D eigenvalue weighted by Gasteiger charge is -2.29. The van der Waals surface area contributed by atoms with Crippen LogP contribution in [0.25, 0.3) is 0 Å². The van der Waals surface area contributed by atoms with E-state index in [1.807, 2.05) is 0 Å². The first-order valence-electron chi connectivity index (χ1n) is 6.16. The lowest BCUT2D eigenvalue weighted by atomic mass is 10.0. The van der Waals surface area contributed by atoms with Crippen LogP contribution in [0.3, 0.4) is 0 Å². The lowest BCUT2D eigenvalue weighted by Crippen LogP contribution is -2.47. The van der Waals surface area contributed by atoms with Gasteiger partial charge in [-0.15, -0.1) is 0 Å². The number of urea groups is 1. The quantitative estimate of drug-likeness (QED) is 0.767. The van der Waals surface area contributed by atoms with Gasteiger partial charge in [-0.1, -0.05) is 0 Å². The van der Waals surface area contributed by atoms with Gasteiger partial charge in [-0.05, 0) is 25.0 Å². The Morgan fingerprint density at radius 1 is 1.47 bits per heavy atom. The second kappa shape index (κ2) is 4.51. The lowest BCUT2D eigenvalue weighted by molar-refractivity contribution is -0.120. The maximum atomic E-state index is 12.2.